The van der Waals surface area contributed by atoms with Crippen molar-refractivity contribution in [3.05, 3.63) is 0 Å². The van der Waals surface area contributed by atoms with Crippen molar-refractivity contribution in [3.8, 4) is 0 Å². The first-order valence-corrected chi connectivity index (χ1v) is 5.49. The standard InChI is InChI=1S/C10H19FN2O2/c1-2-15-10(14)13-7-3-9(4-8-13)12-6-5-11/h9,12H,2-8H2,1H3. The van der Waals surface area contributed by atoms with Crippen LogP contribution in [0.3, 0.4) is 0 Å². The molecule has 5 heteroatoms. The van der Waals surface area contributed by atoms with Gasteiger partial charge in [-0.2, -0.15) is 0 Å². The van der Waals surface area contributed by atoms with Gasteiger partial charge in [0.05, 0.1) is 6.61 Å². The number of amides is 1. The summed E-state index contributed by atoms with van der Waals surface area (Å²) in [6.07, 6.45) is 1.51. The number of hydrogen-bond acceptors (Lipinski definition) is 3. The third-order valence-corrected chi connectivity index (χ3v) is 2.55. The molecule has 0 spiro atoms. The zero-order valence-corrected chi connectivity index (χ0v) is 9.17. The molecule has 0 radical (unpaired) electrons. The molecule has 1 aliphatic heterocycles. The van der Waals surface area contributed by atoms with Crippen molar-refractivity contribution in [2.24, 2.45) is 0 Å². The topological polar surface area (TPSA) is 41.6 Å². The molecule has 1 saturated heterocycles. The number of carbonyl (C=O) groups excluding carboxylic acids is 1. The van der Waals surface area contributed by atoms with Crippen molar-refractivity contribution in [1.82, 2.24) is 10.2 Å². The Labute approximate surface area is 89.8 Å². The van der Waals surface area contributed by atoms with Crippen LogP contribution in [0.25, 0.3) is 0 Å². The van der Waals surface area contributed by atoms with E-state index in [9.17, 15) is 9.18 Å². The Morgan fingerprint density at radius 2 is 2.20 bits per heavy atom. The summed E-state index contributed by atoms with van der Waals surface area (Å²) in [5, 5.41) is 3.11. The Hall–Kier alpha value is -0.840. The molecule has 1 amide bonds. The summed E-state index contributed by atoms with van der Waals surface area (Å²) in [6, 6.07) is 0.339. The first-order chi connectivity index (χ1) is 7.27. The van der Waals surface area contributed by atoms with Gasteiger partial charge < -0.3 is 15.0 Å². The molecule has 0 atom stereocenters. The molecule has 0 saturated carbocycles. The highest BCUT2D eigenvalue weighted by atomic mass is 19.1. The maximum absolute atomic E-state index is 11.9. The molecular formula is C10H19FN2O2. The molecule has 1 N–H and O–H groups in total. The largest absolute Gasteiger partial charge is 0.450 e. The van der Waals surface area contributed by atoms with Gasteiger partial charge in [-0.25, -0.2) is 9.18 Å². The Morgan fingerprint density at radius 1 is 1.53 bits per heavy atom. The van der Waals surface area contributed by atoms with E-state index in [0.29, 0.717) is 32.3 Å². The predicted octanol–water partition coefficient (Wildman–Crippen LogP) is 1.17. The maximum Gasteiger partial charge on any atom is 0.409 e. The van der Waals surface area contributed by atoms with Crippen LogP contribution in [0.5, 0.6) is 0 Å². The van der Waals surface area contributed by atoms with Gasteiger partial charge in [0.25, 0.3) is 0 Å². The first kappa shape index (κ1) is 12.2. The number of halogens is 1. The molecule has 0 aromatic carbocycles. The number of rotatable bonds is 4. The number of carbonyl (C=O) groups is 1. The highest BCUT2D eigenvalue weighted by Crippen LogP contribution is 2.11. The average Bonchev–Trinajstić information content (AvgIpc) is 2.27. The molecule has 1 heterocycles. The van der Waals surface area contributed by atoms with E-state index in [1.807, 2.05) is 0 Å². The fraction of sp³-hybridized carbons (Fsp3) is 0.900. The maximum atomic E-state index is 11.9. The van der Waals surface area contributed by atoms with E-state index in [4.69, 9.17) is 4.74 Å². The normalized spacial score (nSPS) is 17.9. The second kappa shape index (κ2) is 6.61. The van der Waals surface area contributed by atoms with E-state index in [-0.39, 0.29) is 12.8 Å². The van der Waals surface area contributed by atoms with Crippen molar-refractivity contribution < 1.29 is 13.9 Å². The molecule has 0 bridgehead atoms. The third-order valence-electron chi connectivity index (χ3n) is 2.55. The molecule has 0 unspecified atom stereocenters. The minimum atomic E-state index is -0.335. The smallest absolute Gasteiger partial charge is 0.409 e. The second-order valence-corrected chi connectivity index (χ2v) is 3.60. The highest BCUT2D eigenvalue weighted by Gasteiger charge is 2.22. The summed E-state index contributed by atoms with van der Waals surface area (Å²) in [5.74, 6) is 0. The molecule has 0 aromatic heterocycles. The van der Waals surface area contributed by atoms with Crippen LogP contribution >= 0.6 is 0 Å². The third kappa shape index (κ3) is 4.03. The fourth-order valence-corrected chi connectivity index (χ4v) is 1.74. The fourth-order valence-electron chi connectivity index (χ4n) is 1.74. The molecule has 88 valence electrons. The van der Waals surface area contributed by atoms with Crippen LogP contribution in [0.2, 0.25) is 0 Å². The second-order valence-electron chi connectivity index (χ2n) is 3.60. The number of piperidine rings is 1. The van der Waals surface area contributed by atoms with E-state index in [2.05, 4.69) is 5.32 Å². The van der Waals surface area contributed by atoms with Gasteiger partial charge >= 0.3 is 6.09 Å². The lowest BCUT2D eigenvalue weighted by molar-refractivity contribution is 0.0950. The summed E-state index contributed by atoms with van der Waals surface area (Å²) in [4.78, 5) is 13.0. The Bertz CT molecular complexity index is 194. The molecule has 4 nitrogen and oxygen atoms in total. The Morgan fingerprint density at radius 3 is 2.73 bits per heavy atom. The van der Waals surface area contributed by atoms with E-state index >= 15 is 0 Å². The van der Waals surface area contributed by atoms with Gasteiger partial charge in [0, 0.05) is 25.7 Å². The van der Waals surface area contributed by atoms with Crippen molar-refractivity contribution in [2.45, 2.75) is 25.8 Å². The summed E-state index contributed by atoms with van der Waals surface area (Å²) in [5.41, 5.74) is 0. The molecule has 0 aliphatic carbocycles. The molecule has 0 aromatic rings. The van der Waals surface area contributed by atoms with Crippen LogP contribution in [-0.4, -0.2) is 50.0 Å². The van der Waals surface area contributed by atoms with E-state index in [1.165, 1.54) is 0 Å². The highest BCUT2D eigenvalue weighted by molar-refractivity contribution is 5.67. The van der Waals surface area contributed by atoms with Crippen molar-refractivity contribution in [1.29, 1.82) is 0 Å². The quantitative estimate of drug-likeness (QED) is 0.770. The monoisotopic (exact) mass is 218 g/mol. The van der Waals surface area contributed by atoms with Crippen molar-refractivity contribution in [2.75, 3.05) is 32.9 Å². The summed E-state index contributed by atoms with van der Waals surface area (Å²) in [7, 11) is 0. The van der Waals surface area contributed by atoms with Gasteiger partial charge in [0.15, 0.2) is 0 Å². The summed E-state index contributed by atoms with van der Waals surface area (Å²) < 4.78 is 16.8. The molecule has 1 fully saturated rings. The van der Waals surface area contributed by atoms with Gasteiger partial charge in [-0.05, 0) is 19.8 Å². The van der Waals surface area contributed by atoms with Crippen LogP contribution in [0.1, 0.15) is 19.8 Å². The SMILES string of the molecule is CCOC(=O)N1CCC(NCCF)CC1. The zero-order valence-electron chi connectivity index (χ0n) is 9.17. The Balaban J connectivity index is 2.20. The number of nitrogens with one attached hydrogen (secondary N) is 1. The number of ether oxygens (including phenoxy) is 1. The van der Waals surface area contributed by atoms with Crippen molar-refractivity contribution in [3.63, 3.8) is 0 Å². The van der Waals surface area contributed by atoms with Crippen LogP contribution in [0, 0.1) is 0 Å². The van der Waals surface area contributed by atoms with Gasteiger partial charge in [-0.1, -0.05) is 0 Å². The lowest BCUT2D eigenvalue weighted by Gasteiger charge is -2.31. The first-order valence-electron chi connectivity index (χ1n) is 5.49. The van der Waals surface area contributed by atoms with E-state index in [1.54, 1.807) is 11.8 Å². The molecule has 1 aliphatic rings. The van der Waals surface area contributed by atoms with Gasteiger partial charge in [-0.3, -0.25) is 0 Å². The lowest BCUT2D eigenvalue weighted by atomic mass is 10.1. The average molecular weight is 218 g/mol. The van der Waals surface area contributed by atoms with E-state index in [0.717, 1.165) is 12.8 Å². The summed E-state index contributed by atoms with van der Waals surface area (Å²) in [6.45, 7) is 3.68. The number of likely N-dealkylation sites (tertiary alicyclic amines) is 1. The van der Waals surface area contributed by atoms with Crippen LogP contribution < -0.4 is 5.32 Å². The minimum absolute atomic E-state index is 0.235. The molecular weight excluding hydrogens is 199 g/mol. The van der Waals surface area contributed by atoms with Gasteiger partial charge in [0.2, 0.25) is 0 Å². The lowest BCUT2D eigenvalue weighted by Crippen LogP contribution is -2.45. The van der Waals surface area contributed by atoms with E-state index < -0.39 is 0 Å². The number of nitrogens with zero attached hydrogens (tertiary/aromatic N) is 1. The number of hydrogen-bond donors (Lipinski definition) is 1. The summed E-state index contributed by atoms with van der Waals surface area (Å²) >= 11 is 0. The minimum Gasteiger partial charge on any atom is -0.450 e. The zero-order chi connectivity index (χ0) is 11.1. The van der Waals surface area contributed by atoms with Gasteiger partial charge in [-0.15, -0.1) is 0 Å². The van der Waals surface area contributed by atoms with Gasteiger partial charge in [0.1, 0.15) is 6.67 Å². The predicted molar refractivity (Wildman–Crippen MR) is 55.6 cm³/mol. The molecule has 15 heavy (non-hydrogen) atoms. The Kier molecular flexibility index (Phi) is 5.39. The van der Waals surface area contributed by atoms with Crippen LogP contribution in [0.15, 0.2) is 0 Å². The molecule has 1 rings (SSSR count). The number of alkyl halides is 1. The van der Waals surface area contributed by atoms with Crippen LogP contribution in [0.4, 0.5) is 9.18 Å². The van der Waals surface area contributed by atoms with Crippen molar-refractivity contribution >= 4 is 6.09 Å². The van der Waals surface area contributed by atoms with Crippen LogP contribution in [-0.2, 0) is 4.74 Å².